The zero-order valence-corrected chi connectivity index (χ0v) is 14.8. The normalized spacial score (nSPS) is 26.6. The molecule has 1 aromatic rings. The predicted octanol–water partition coefficient (Wildman–Crippen LogP) is -0.561. The highest BCUT2D eigenvalue weighted by Gasteiger charge is 2.44. The summed E-state index contributed by atoms with van der Waals surface area (Å²) < 4.78 is 10.5. The Morgan fingerprint density at radius 2 is 2.28 bits per heavy atom. The first-order valence-corrected chi connectivity index (χ1v) is 8.62. The molecule has 138 valence electrons. The molecular formula is C16H25N5O4. The zero-order chi connectivity index (χ0) is 18.0. The molecule has 1 aromatic heterocycles. The Balaban J connectivity index is 1.65. The van der Waals surface area contributed by atoms with Gasteiger partial charge in [0.15, 0.2) is 0 Å². The molecule has 3 heterocycles. The maximum Gasteiger partial charge on any atom is 0.246 e. The van der Waals surface area contributed by atoms with E-state index in [-0.39, 0.29) is 42.5 Å². The molecule has 2 saturated heterocycles. The van der Waals surface area contributed by atoms with Crippen molar-refractivity contribution in [2.45, 2.75) is 50.7 Å². The number of aromatic nitrogens is 2. The molecule has 25 heavy (non-hydrogen) atoms. The van der Waals surface area contributed by atoms with E-state index < -0.39 is 0 Å². The van der Waals surface area contributed by atoms with Crippen LogP contribution >= 0.6 is 0 Å². The largest absolute Gasteiger partial charge is 0.425 e. The van der Waals surface area contributed by atoms with Gasteiger partial charge >= 0.3 is 0 Å². The summed E-state index contributed by atoms with van der Waals surface area (Å²) in [5.41, 5.74) is 0. The molecule has 0 radical (unpaired) electrons. The van der Waals surface area contributed by atoms with Gasteiger partial charge in [0.25, 0.3) is 0 Å². The van der Waals surface area contributed by atoms with E-state index in [1.807, 2.05) is 13.8 Å². The van der Waals surface area contributed by atoms with Crippen LogP contribution < -0.4 is 10.6 Å². The molecule has 2 aliphatic rings. The number of rotatable bonds is 6. The van der Waals surface area contributed by atoms with Crippen LogP contribution in [-0.2, 0) is 20.7 Å². The summed E-state index contributed by atoms with van der Waals surface area (Å²) in [5, 5.41) is 14.0. The summed E-state index contributed by atoms with van der Waals surface area (Å²) in [7, 11) is 1.48. The molecule has 0 spiro atoms. The van der Waals surface area contributed by atoms with Crippen molar-refractivity contribution in [2.75, 3.05) is 26.8 Å². The maximum atomic E-state index is 12.2. The first-order chi connectivity index (χ1) is 12.0. The van der Waals surface area contributed by atoms with Gasteiger partial charge in [0.05, 0.1) is 6.04 Å². The molecular weight excluding hydrogens is 326 g/mol. The van der Waals surface area contributed by atoms with Crippen LogP contribution in [0.15, 0.2) is 4.42 Å². The Morgan fingerprint density at radius 1 is 1.48 bits per heavy atom. The van der Waals surface area contributed by atoms with Crippen LogP contribution in [0.4, 0.5) is 0 Å². The lowest BCUT2D eigenvalue weighted by molar-refractivity contribution is -0.129. The summed E-state index contributed by atoms with van der Waals surface area (Å²) in [6.45, 7) is 5.19. The average Bonchev–Trinajstić information content (AvgIpc) is 3.18. The van der Waals surface area contributed by atoms with Gasteiger partial charge in [-0.2, -0.15) is 0 Å². The van der Waals surface area contributed by atoms with Crippen molar-refractivity contribution in [1.29, 1.82) is 0 Å². The molecule has 2 aliphatic heterocycles. The number of ether oxygens (including phenoxy) is 1. The van der Waals surface area contributed by atoms with Gasteiger partial charge in [0.2, 0.25) is 23.6 Å². The molecule has 2 fully saturated rings. The number of amides is 2. The van der Waals surface area contributed by atoms with E-state index in [4.69, 9.17) is 9.15 Å². The zero-order valence-electron chi connectivity index (χ0n) is 14.8. The second-order valence-electron chi connectivity index (χ2n) is 6.94. The second-order valence-corrected chi connectivity index (χ2v) is 6.94. The van der Waals surface area contributed by atoms with E-state index in [1.165, 1.54) is 7.11 Å². The first-order valence-electron chi connectivity index (χ1n) is 8.62. The highest BCUT2D eigenvalue weighted by molar-refractivity contribution is 5.83. The topological polar surface area (TPSA) is 110 Å². The minimum atomic E-state index is -0.237. The Bertz CT molecular complexity index is 632. The molecule has 9 nitrogen and oxygen atoms in total. The fourth-order valence-corrected chi connectivity index (χ4v) is 3.45. The quantitative estimate of drug-likeness (QED) is 0.707. The SMILES string of the molecule is COCC(=O)N[C@H]1C[C@H]2C(=O)NC[C@@H](Cc3nnc(C(C)C)o3)N2C1. The first kappa shape index (κ1) is 17.8. The fraction of sp³-hybridized carbons (Fsp3) is 0.750. The number of nitrogens with zero attached hydrogens (tertiary/aromatic N) is 3. The van der Waals surface area contributed by atoms with E-state index in [0.29, 0.717) is 37.7 Å². The van der Waals surface area contributed by atoms with Crippen LogP contribution in [0.5, 0.6) is 0 Å². The summed E-state index contributed by atoms with van der Waals surface area (Å²) in [5.74, 6) is 1.23. The van der Waals surface area contributed by atoms with E-state index in [2.05, 4.69) is 25.7 Å². The summed E-state index contributed by atoms with van der Waals surface area (Å²) in [6.07, 6.45) is 1.17. The number of nitrogens with one attached hydrogen (secondary N) is 2. The minimum absolute atomic E-state index is 0.00754. The van der Waals surface area contributed by atoms with E-state index in [1.54, 1.807) is 0 Å². The van der Waals surface area contributed by atoms with Crippen molar-refractivity contribution >= 4 is 11.8 Å². The van der Waals surface area contributed by atoms with Gasteiger partial charge in [-0.1, -0.05) is 13.8 Å². The third kappa shape index (κ3) is 3.98. The molecule has 3 rings (SSSR count). The number of fused-ring (bicyclic) bond motifs is 1. The number of hydrogen-bond donors (Lipinski definition) is 2. The van der Waals surface area contributed by atoms with E-state index >= 15 is 0 Å². The molecule has 0 saturated carbocycles. The minimum Gasteiger partial charge on any atom is -0.425 e. The number of piperazine rings is 1. The van der Waals surface area contributed by atoms with Gasteiger partial charge in [-0.05, 0) is 6.42 Å². The van der Waals surface area contributed by atoms with Gasteiger partial charge in [0.1, 0.15) is 6.61 Å². The fourth-order valence-electron chi connectivity index (χ4n) is 3.45. The standard InChI is InChI=1S/C16H25N5O4/c1-9(2)16-20-19-14(25-16)5-11-6-17-15(23)12-4-10(7-21(11)12)18-13(22)8-24-3/h9-12H,4-8H2,1-3H3,(H,17,23)(H,18,22)/t10-,11+,12-/m0/s1. The van der Waals surface area contributed by atoms with E-state index in [9.17, 15) is 9.59 Å². The van der Waals surface area contributed by atoms with Crippen molar-refractivity contribution in [3.8, 4) is 0 Å². The molecule has 2 N–H and O–H groups in total. The Kier molecular flexibility index (Phi) is 5.33. The van der Waals surface area contributed by atoms with Crippen LogP contribution in [0.3, 0.4) is 0 Å². The molecule has 3 atom stereocenters. The van der Waals surface area contributed by atoms with Crippen molar-refractivity contribution < 1.29 is 18.7 Å². The average molecular weight is 351 g/mol. The van der Waals surface area contributed by atoms with Gasteiger partial charge in [-0.3, -0.25) is 14.5 Å². The molecule has 2 amide bonds. The monoisotopic (exact) mass is 351 g/mol. The Morgan fingerprint density at radius 3 is 2.96 bits per heavy atom. The maximum absolute atomic E-state index is 12.2. The van der Waals surface area contributed by atoms with Gasteiger partial charge in [-0.25, -0.2) is 0 Å². The van der Waals surface area contributed by atoms with Gasteiger partial charge in [-0.15, -0.1) is 10.2 Å². The number of methoxy groups -OCH3 is 1. The second kappa shape index (κ2) is 7.49. The van der Waals surface area contributed by atoms with Gasteiger partial charge < -0.3 is 19.8 Å². The van der Waals surface area contributed by atoms with Crippen molar-refractivity contribution in [2.24, 2.45) is 0 Å². The molecule has 0 aromatic carbocycles. The molecule has 0 bridgehead atoms. The summed E-state index contributed by atoms with van der Waals surface area (Å²) >= 11 is 0. The lowest BCUT2D eigenvalue weighted by Gasteiger charge is -2.36. The highest BCUT2D eigenvalue weighted by Crippen LogP contribution is 2.25. The van der Waals surface area contributed by atoms with Crippen LogP contribution in [0.2, 0.25) is 0 Å². The molecule has 9 heteroatoms. The lowest BCUT2D eigenvalue weighted by Crippen LogP contribution is -2.58. The third-order valence-corrected chi connectivity index (χ3v) is 4.65. The third-order valence-electron chi connectivity index (χ3n) is 4.65. The number of carbonyl (C=O) groups excluding carboxylic acids is 2. The predicted molar refractivity (Wildman–Crippen MR) is 87.8 cm³/mol. The van der Waals surface area contributed by atoms with Crippen LogP contribution in [-0.4, -0.2) is 71.8 Å². The number of hydrogen-bond acceptors (Lipinski definition) is 7. The Labute approximate surface area is 146 Å². The van der Waals surface area contributed by atoms with Crippen molar-refractivity contribution in [1.82, 2.24) is 25.7 Å². The summed E-state index contributed by atoms with van der Waals surface area (Å²) in [4.78, 5) is 26.1. The highest BCUT2D eigenvalue weighted by atomic mass is 16.5. The van der Waals surface area contributed by atoms with E-state index in [0.717, 1.165) is 0 Å². The number of carbonyl (C=O) groups is 2. The Hall–Kier alpha value is -2.00. The molecule has 0 unspecified atom stereocenters. The molecule has 0 aliphatic carbocycles. The smallest absolute Gasteiger partial charge is 0.246 e. The van der Waals surface area contributed by atoms with Crippen LogP contribution in [0.1, 0.15) is 38.0 Å². The van der Waals surface area contributed by atoms with Crippen molar-refractivity contribution in [3.63, 3.8) is 0 Å². The van der Waals surface area contributed by atoms with Crippen LogP contribution in [0, 0.1) is 0 Å². The van der Waals surface area contributed by atoms with Crippen molar-refractivity contribution in [3.05, 3.63) is 11.8 Å². The lowest BCUT2D eigenvalue weighted by atomic mass is 10.1. The van der Waals surface area contributed by atoms with Gasteiger partial charge in [0, 0.05) is 44.6 Å². The summed E-state index contributed by atoms with van der Waals surface area (Å²) in [6, 6.07) is -0.223. The van der Waals surface area contributed by atoms with Crippen LogP contribution in [0.25, 0.3) is 0 Å².